The van der Waals surface area contributed by atoms with Gasteiger partial charge in [-0.15, -0.1) is 0 Å². The number of methoxy groups -OCH3 is 2. The third-order valence-electron chi connectivity index (χ3n) is 6.91. The molecule has 0 spiro atoms. The van der Waals surface area contributed by atoms with Gasteiger partial charge in [-0.2, -0.15) is 0 Å². The van der Waals surface area contributed by atoms with Crippen LogP contribution in [0.5, 0.6) is 11.5 Å². The highest BCUT2D eigenvalue weighted by Crippen LogP contribution is 2.38. The van der Waals surface area contributed by atoms with Crippen LogP contribution in [0, 0.1) is 11.6 Å². The number of piperazine rings is 1. The number of hydrogen-bond acceptors (Lipinski definition) is 6. The van der Waals surface area contributed by atoms with E-state index in [9.17, 15) is 8.78 Å². The lowest BCUT2D eigenvalue weighted by Gasteiger charge is -2.35. The van der Waals surface area contributed by atoms with Crippen molar-refractivity contribution < 1.29 is 18.3 Å². The SMILES string of the molecule is CCN1CCN(c2ccc(Nc3cc4ccc(-c5c(F)c(OC)cc(OC)c5F)cc4cn3)cc2)CC1. The van der Waals surface area contributed by atoms with Gasteiger partial charge in [0.25, 0.3) is 0 Å². The molecule has 1 aliphatic heterocycles. The lowest BCUT2D eigenvalue weighted by Crippen LogP contribution is -2.46. The molecule has 192 valence electrons. The predicted octanol–water partition coefficient (Wildman–Crippen LogP) is 6.08. The standard InChI is InChI=1S/C29H30F2N4O2/c1-4-34-11-13-35(14-12-34)23-9-7-22(8-10-23)33-26-16-19-5-6-20(15-21(19)18-32-26)27-28(30)24(36-2)17-25(37-3)29(27)31/h5-10,15-18H,4,11-14H2,1-3H3,(H,32,33). The summed E-state index contributed by atoms with van der Waals surface area (Å²) in [4.78, 5) is 9.38. The van der Waals surface area contributed by atoms with Crippen molar-refractivity contribution in [3.8, 4) is 22.6 Å². The molecule has 0 radical (unpaired) electrons. The van der Waals surface area contributed by atoms with E-state index < -0.39 is 11.6 Å². The number of anilines is 3. The number of ether oxygens (including phenoxy) is 2. The van der Waals surface area contributed by atoms with E-state index in [0.29, 0.717) is 11.4 Å². The number of nitrogens with one attached hydrogen (secondary N) is 1. The molecule has 4 aromatic rings. The van der Waals surface area contributed by atoms with Crippen LogP contribution in [0.15, 0.2) is 60.8 Å². The lowest BCUT2D eigenvalue weighted by molar-refractivity contribution is 0.271. The molecule has 2 heterocycles. The Balaban J connectivity index is 1.35. The van der Waals surface area contributed by atoms with Gasteiger partial charge in [-0.05, 0) is 53.9 Å². The quantitative estimate of drug-likeness (QED) is 0.329. The molecule has 5 rings (SSSR count). The largest absolute Gasteiger partial charge is 0.494 e. The minimum absolute atomic E-state index is 0.0831. The first-order chi connectivity index (χ1) is 18.0. The number of aromatic nitrogens is 1. The molecule has 1 aromatic heterocycles. The van der Waals surface area contributed by atoms with E-state index in [1.54, 1.807) is 18.3 Å². The zero-order valence-corrected chi connectivity index (χ0v) is 21.2. The van der Waals surface area contributed by atoms with Crippen molar-refractivity contribution >= 4 is 28.0 Å². The van der Waals surface area contributed by atoms with Crippen LogP contribution in [-0.2, 0) is 0 Å². The van der Waals surface area contributed by atoms with E-state index in [2.05, 4.69) is 51.3 Å². The molecule has 0 unspecified atom stereocenters. The highest BCUT2D eigenvalue weighted by molar-refractivity contribution is 5.89. The van der Waals surface area contributed by atoms with Gasteiger partial charge >= 0.3 is 0 Å². The van der Waals surface area contributed by atoms with Crippen molar-refractivity contribution in [1.29, 1.82) is 0 Å². The highest BCUT2D eigenvalue weighted by Gasteiger charge is 2.22. The fourth-order valence-electron chi connectivity index (χ4n) is 4.73. The Morgan fingerprint density at radius 1 is 0.838 bits per heavy atom. The third-order valence-corrected chi connectivity index (χ3v) is 6.91. The molecule has 37 heavy (non-hydrogen) atoms. The average Bonchev–Trinajstić information content (AvgIpc) is 2.94. The van der Waals surface area contributed by atoms with Crippen LogP contribution in [0.1, 0.15) is 6.92 Å². The van der Waals surface area contributed by atoms with Crippen LogP contribution in [0.2, 0.25) is 0 Å². The zero-order chi connectivity index (χ0) is 25.9. The molecule has 1 saturated heterocycles. The Morgan fingerprint density at radius 3 is 2.14 bits per heavy atom. The van der Waals surface area contributed by atoms with E-state index >= 15 is 0 Å². The van der Waals surface area contributed by atoms with Crippen molar-refractivity contribution in [2.24, 2.45) is 0 Å². The summed E-state index contributed by atoms with van der Waals surface area (Å²) in [5.74, 6) is -1.03. The van der Waals surface area contributed by atoms with Crippen LogP contribution >= 0.6 is 0 Å². The molecule has 6 nitrogen and oxygen atoms in total. The van der Waals surface area contributed by atoms with Crippen LogP contribution < -0.4 is 19.7 Å². The lowest BCUT2D eigenvalue weighted by atomic mass is 10.0. The van der Waals surface area contributed by atoms with Gasteiger partial charge in [0.05, 0.1) is 19.8 Å². The van der Waals surface area contributed by atoms with Crippen LogP contribution in [0.25, 0.3) is 21.9 Å². The molecule has 0 atom stereocenters. The molecule has 1 aliphatic rings. The second-order valence-corrected chi connectivity index (χ2v) is 9.01. The van der Waals surface area contributed by atoms with E-state index in [1.807, 2.05) is 12.1 Å². The normalized spacial score (nSPS) is 14.1. The highest BCUT2D eigenvalue weighted by atomic mass is 19.1. The van der Waals surface area contributed by atoms with Gasteiger partial charge in [0.2, 0.25) is 0 Å². The number of likely N-dealkylation sites (N-methyl/N-ethyl adjacent to an activating group) is 1. The first-order valence-electron chi connectivity index (χ1n) is 12.3. The summed E-state index contributed by atoms with van der Waals surface area (Å²) in [7, 11) is 2.67. The Morgan fingerprint density at radius 2 is 1.51 bits per heavy atom. The maximum atomic E-state index is 15.0. The summed E-state index contributed by atoms with van der Waals surface area (Å²) in [6.45, 7) is 7.54. The van der Waals surface area contributed by atoms with E-state index in [1.165, 1.54) is 26.0 Å². The van der Waals surface area contributed by atoms with Gasteiger partial charge in [-0.25, -0.2) is 13.8 Å². The van der Waals surface area contributed by atoms with Gasteiger partial charge in [-0.1, -0.05) is 19.1 Å². The first kappa shape index (κ1) is 24.8. The van der Waals surface area contributed by atoms with Gasteiger partial charge in [0.15, 0.2) is 23.1 Å². The summed E-state index contributed by atoms with van der Waals surface area (Å²) >= 11 is 0. The number of nitrogens with zero attached hydrogens (tertiary/aromatic N) is 3. The summed E-state index contributed by atoms with van der Waals surface area (Å²) in [6, 6.07) is 16.7. The first-order valence-corrected chi connectivity index (χ1v) is 12.3. The maximum Gasteiger partial charge on any atom is 0.176 e. The number of pyridine rings is 1. The monoisotopic (exact) mass is 504 g/mol. The fourth-order valence-corrected chi connectivity index (χ4v) is 4.73. The topological polar surface area (TPSA) is 49.9 Å². The van der Waals surface area contributed by atoms with Crippen molar-refractivity contribution in [2.75, 3.05) is 57.2 Å². The summed E-state index contributed by atoms with van der Waals surface area (Å²) in [6.07, 6.45) is 1.69. The third kappa shape index (κ3) is 5.02. The number of rotatable bonds is 7. The summed E-state index contributed by atoms with van der Waals surface area (Å²) in [5.41, 5.74) is 2.33. The number of halogens is 2. The number of fused-ring (bicyclic) bond motifs is 1. The maximum absolute atomic E-state index is 15.0. The Bertz CT molecular complexity index is 1380. The molecule has 0 bridgehead atoms. The van der Waals surface area contributed by atoms with Crippen LogP contribution in [0.4, 0.5) is 26.0 Å². The molecule has 3 aromatic carbocycles. The van der Waals surface area contributed by atoms with Gasteiger partial charge in [0, 0.05) is 55.2 Å². The van der Waals surface area contributed by atoms with Crippen molar-refractivity contribution in [2.45, 2.75) is 6.92 Å². The Labute approximate surface area is 215 Å². The fraction of sp³-hybridized carbons (Fsp3) is 0.276. The molecule has 8 heteroatoms. The Hall–Kier alpha value is -3.91. The van der Waals surface area contributed by atoms with Gasteiger partial charge in [0.1, 0.15) is 5.82 Å². The molecule has 0 aliphatic carbocycles. The van der Waals surface area contributed by atoms with Crippen molar-refractivity contribution in [3.63, 3.8) is 0 Å². The Kier molecular flexibility index (Phi) is 7.10. The molecule has 0 amide bonds. The molecule has 0 saturated carbocycles. The van der Waals surface area contributed by atoms with Gasteiger partial charge < -0.3 is 24.6 Å². The predicted molar refractivity (Wildman–Crippen MR) is 144 cm³/mol. The summed E-state index contributed by atoms with van der Waals surface area (Å²) in [5, 5.41) is 4.99. The van der Waals surface area contributed by atoms with E-state index in [4.69, 9.17) is 9.47 Å². The minimum Gasteiger partial charge on any atom is -0.494 e. The second-order valence-electron chi connectivity index (χ2n) is 9.01. The van der Waals surface area contributed by atoms with E-state index in [-0.39, 0.29) is 17.1 Å². The molecule has 1 fully saturated rings. The smallest absolute Gasteiger partial charge is 0.176 e. The second kappa shape index (κ2) is 10.6. The van der Waals surface area contributed by atoms with Crippen LogP contribution in [-0.4, -0.2) is 56.8 Å². The van der Waals surface area contributed by atoms with Crippen molar-refractivity contribution in [3.05, 3.63) is 72.4 Å². The van der Waals surface area contributed by atoms with Crippen LogP contribution in [0.3, 0.4) is 0 Å². The minimum atomic E-state index is -0.776. The molecular weight excluding hydrogens is 474 g/mol. The number of benzene rings is 3. The zero-order valence-electron chi connectivity index (χ0n) is 21.2. The van der Waals surface area contributed by atoms with Crippen molar-refractivity contribution in [1.82, 2.24) is 9.88 Å². The van der Waals surface area contributed by atoms with Gasteiger partial charge in [-0.3, -0.25) is 0 Å². The molecular formula is C29H30F2N4O2. The molecule has 1 N–H and O–H groups in total. The summed E-state index contributed by atoms with van der Waals surface area (Å²) < 4.78 is 40.1. The number of hydrogen-bond donors (Lipinski definition) is 1. The van der Waals surface area contributed by atoms with E-state index in [0.717, 1.165) is 49.2 Å². The average molecular weight is 505 g/mol.